The number of carbonyl (C=O) groups excluding carboxylic acids is 1. The summed E-state index contributed by atoms with van der Waals surface area (Å²) in [7, 11) is 0. The third-order valence-corrected chi connectivity index (χ3v) is 3.43. The van der Waals surface area contributed by atoms with Gasteiger partial charge in [0.15, 0.2) is 0 Å². The molecule has 0 aromatic heterocycles. The number of carbonyl (C=O) groups is 2. The number of carboxylic acid groups (broad SMARTS) is 1. The van der Waals surface area contributed by atoms with Gasteiger partial charge >= 0.3 is 12.0 Å². The monoisotopic (exact) mass is 262 g/mol. The van der Waals surface area contributed by atoms with Crippen LogP contribution in [-0.4, -0.2) is 23.1 Å². The van der Waals surface area contributed by atoms with Crippen LogP contribution < -0.4 is 10.6 Å². The molecular formula is C14H18N2O3. The normalized spacial score (nSPS) is 15.2. The quantitative estimate of drug-likeness (QED) is 0.783. The molecule has 1 aliphatic rings. The van der Waals surface area contributed by atoms with Crippen molar-refractivity contribution in [3.8, 4) is 0 Å². The molecule has 19 heavy (non-hydrogen) atoms. The topological polar surface area (TPSA) is 78.4 Å². The van der Waals surface area contributed by atoms with Crippen LogP contribution in [0.1, 0.15) is 41.6 Å². The number of benzene rings is 1. The summed E-state index contributed by atoms with van der Waals surface area (Å²) in [5.41, 5.74) is 1.22. The molecule has 1 aromatic carbocycles. The Hall–Kier alpha value is -2.04. The Bertz CT molecular complexity index is 493. The first-order chi connectivity index (χ1) is 9.08. The summed E-state index contributed by atoms with van der Waals surface area (Å²) in [4.78, 5) is 23.0. The number of para-hydroxylation sites is 1. The van der Waals surface area contributed by atoms with E-state index in [-0.39, 0.29) is 17.6 Å². The lowest BCUT2D eigenvalue weighted by molar-refractivity contribution is 0.0698. The lowest BCUT2D eigenvalue weighted by Crippen LogP contribution is -2.36. The number of aromatic carboxylic acids is 1. The van der Waals surface area contributed by atoms with Crippen LogP contribution in [0, 0.1) is 6.92 Å². The van der Waals surface area contributed by atoms with E-state index in [0.717, 1.165) is 31.2 Å². The van der Waals surface area contributed by atoms with Crippen molar-refractivity contribution in [1.82, 2.24) is 5.32 Å². The smallest absolute Gasteiger partial charge is 0.337 e. The molecule has 5 heteroatoms. The summed E-state index contributed by atoms with van der Waals surface area (Å²) in [5, 5.41) is 14.6. The molecule has 2 rings (SSSR count). The molecule has 0 atom stereocenters. The Morgan fingerprint density at radius 1 is 1.26 bits per heavy atom. The number of aryl methyl sites for hydroxylation is 1. The maximum absolute atomic E-state index is 11.9. The standard InChI is InChI=1S/C14H18N2O3/c1-9-5-4-8-11(13(17)18)12(9)16-14(19)15-10-6-2-3-7-10/h4-5,8,10H,2-3,6-7H2,1H3,(H,17,18)(H2,15,16,19). The Kier molecular flexibility index (Phi) is 4.04. The van der Waals surface area contributed by atoms with Gasteiger partial charge in [0.1, 0.15) is 0 Å². The number of nitrogens with one attached hydrogen (secondary N) is 2. The first-order valence-electron chi connectivity index (χ1n) is 6.48. The fourth-order valence-electron chi connectivity index (χ4n) is 2.42. The zero-order valence-corrected chi connectivity index (χ0v) is 10.9. The van der Waals surface area contributed by atoms with E-state index in [9.17, 15) is 9.59 Å². The summed E-state index contributed by atoms with van der Waals surface area (Å²) >= 11 is 0. The molecule has 2 amide bonds. The van der Waals surface area contributed by atoms with E-state index in [1.165, 1.54) is 6.07 Å². The third kappa shape index (κ3) is 3.24. The fraction of sp³-hybridized carbons (Fsp3) is 0.429. The average molecular weight is 262 g/mol. The van der Waals surface area contributed by atoms with E-state index in [4.69, 9.17) is 5.11 Å². The molecule has 1 saturated carbocycles. The highest BCUT2D eigenvalue weighted by atomic mass is 16.4. The molecule has 0 bridgehead atoms. The number of anilines is 1. The van der Waals surface area contributed by atoms with Gasteiger partial charge in [-0.05, 0) is 31.4 Å². The molecule has 5 nitrogen and oxygen atoms in total. The molecular weight excluding hydrogens is 244 g/mol. The molecule has 0 spiro atoms. The van der Waals surface area contributed by atoms with E-state index < -0.39 is 5.97 Å². The van der Waals surface area contributed by atoms with Gasteiger partial charge in [0.2, 0.25) is 0 Å². The lowest BCUT2D eigenvalue weighted by atomic mass is 10.1. The Labute approximate surface area is 112 Å². The van der Waals surface area contributed by atoms with Gasteiger partial charge in [-0.2, -0.15) is 0 Å². The molecule has 0 aliphatic heterocycles. The van der Waals surface area contributed by atoms with Gasteiger partial charge in [0.05, 0.1) is 11.3 Å². The Morgan fingerprint density at radius 2 is 1.95 bits per heavy atom. The van der Waals surface area contributed by atoms with Crippen molar-refractivity contribution in [2.24, 2.45) is 0 Å². The lowest BCUT2D eigenvalue weighted by Gasteiger charge is -2.15. The average Bonchev–Trinajstić information content (AvgIpc) is 2.84. The number of urea groups is 1. The first kappa shape index (κ1) is 13.4. The van der Waals surface area contributed by atoms with Crippen LogP contribution >= 0.6 is 0 Å². The second-order valence-corrected chi connectivity index (χ2v) is 4.88. The zero-order chi connectivity index (χ0) is 13.8. The number of hydrogen-bond acceptors (Lipinski definition) is 2. The highest BCUT2D eigenvalue weighted by Gasteiger charge is 2.19. The second-order valence-electron chi connectivity index (χ2n) is 4.88. The van der Waals surface area contributed by atoms with E-state index in [1.54, 1.807) is 19.1 Å². The van der Waals surface area contributed by atoms with E-state index >= 15 is 0 Å². The van der Waals surface area contributed by atoms with Crippen LogP contribution in [0.3, 0.4) is 0 Å². The SMILES string of the molecule is Cc1cccc(C(=O)O)c1NC(=O)NC1CCCC1. The highest BCUT2D eigenvalue weighted by molar-refractivity contribution is 6.01. The summed E-state index contributed by atoms with van der Waals surface area (Å²) in [6, 6.07) is 4.80. The molecule has 1 fully saturated rings. The molecule has 0 radical (unpaired) electrons. The molecule has 1 aromatic rings. The van der Waals surface area contributed by atoms with E-state index in [1.807, 2.05) is 0 Å². The van der Waals surface area contributed by atoms with Crippen molar-refractivity contribution in [3.63, 3.8) is 0 Å². The minimum atomic E-state index is -1.04. The third-order valence-electron chi connectivity index (χ3n) is 3.43. The number of hydrogen-bond donors (Lipinski definition) is 3. The van der Waals surface area contributed by atoms with Crippen LogP contribution in [0.5, 0.6) is 0 Å². The van der Waals surface area contributed by atoms with Gasteiger partial charge in [0, 0.05) is 6.04 Å². The Morgan fingerprint density at radius 3 is 2.58 bits per heavy atom. The summed E-state index contributed by atoms with van der Waals surface area (Å²) in [6.45, 7) is 1.78. The van der Waals surface area contributed by atoms with Crippen LogP contribution in [0.2, 0.25) is 0 Å². The van der Waals surface area contributed by atoms with E-state index in [2.05, 4.69) is 10.6 Å². The maximum Gasteiger partial charge on any atom is 0.337 e. The number of rotatable bonds is 3. The minimum Gasteiger partial charge on any atom is -0.478 e. The second kappa shape index (κ2) is 5.73. The van der Waals surface area contributed by atoms with E-state index in [0.29, 0.717) is 5.69 Å². The molecule has 0 unspecified atom stereocenters. The zero-order valence-electron chi connectivity index (χ0n) is 10.9. The van der Waals surface area contributed by atoms with Crippen molar-refractivity contribution in [3.05, 3.63) is 29.3 Å². The summed E-state index contributed by atoms with van der Waals surface area (Å²) in [5.74, 6) is -1.04. The highest BCUT2D eigenvalue weighted by Crippen LogP contribution is 2.21. The van der Waals surface area contributed by atoms with Gasteiger partial charge in [-0.25, -0.2) is 9.59 Å². The van der Waals surface area contributed by atoms with Gasteiger partial charge in [-0.3, -0.25) is 0 Å². The van der Waals surface area contributed by atoms with Crippen molar-refractivity contribution in [2.45, 2.75) is 38.6 Å². The van der Waals surface area contributed by atoms with Crippen LogP contribution in [-0.2, 0) is 0 Å². The van der Waals surface area contributed by atoms with Crippen molar-refractivity contribution >= 4 is 17.7 Å². The van der Waals surface area contributed by atoms with Gasteiger partial charge in [0.25, 0.3) is 0 Å². The van der Waals surface area contributed by atoms with Gasteiger partial charge in [-0.15, -0.1) is 0 Å². The molecule has 1 aliphatic carbocycles. The molecule has 3 N–H and O–H groups in total. The molecule has 0 heterocycles. The van der Waals surface area contributed by atoms with Crippen LogP contribution in [0.15, 0.2) is 18.2 Å². The van der Waals surface area contributed by atoms with Crippen molar-refractivity contribution < 1.29 is 14.7 Å². The fourth-order valence-corrected chi connectivity index (χ4v) is 2.42. The molecule has 0 saturated heterocycles. The van der Waals surface area contributed by atoms with Crippen molar-refractivity contribution in [1.29, 1.82) is 0 Å². The van der Waals surface area contributed by atoms with Crippen LogP contribution in [0.25, 0.3) is 0 Å². The predicted octanol–water partition coefficient (Wildman–Crippen LogP) is 2.76. The largest absolute Gasteiger partial charge is 0.478 e. The first-order valence-corrected chi connectivity index (χ1v) is 6.48. The predicted molar refractivity (Wildman–Crippen MR) is 72.5 cm³/mol. The van der Waals surface area contributed by atoms with Crippen molar-refractivity contribution in [2.75, 3.05) is 5.32 Å². The number of amides is 2. The summed E-state index contributed by atoms with van der Waals surface area (Å²) < 4.78 is 0. The number of carboxylic acids is 1. The summed E-state index contributed by atoms with van der Waals surface area (Å²) in [6.07, 6.45) is 4.26. The molecule has 102 valence electrons. The van der Waals surface area contributed by atoms with Crippen LogP contribution in [0.4, 0.5) is 10.5 Å². The Balaban J connectivity index is 2.09. The van der Waals surface area contributed by atoms with Gasteiger partial charge in [-0.1, -0.05) is 25.0 Å². The van der Waals surface area contributed by atoms with Gasteiger partial charge < -0.3 is 15.7 Å². The maximum atomic E-state index is 11.9. The minimum absolute atomic E-state index is 0.113.